The molecular weight excluding hydrogens is 256 g/mol. The van der Waals surface area contributed by atoms with E-state index in [4.69, 9.17) is 4.42 Å². The maximum Gasteiger partial charge on any atom is 0.337 e. The van der Waals surface area contributed by atoms with Gasteiger partial charge in [0.05, 0.1) is 24.9 Å². The van der Waals surface area contributed by atoms with Crippen LogP contribution in [-0.4, -0.2) is 18.1 Å². The maximum atomic E-state index is 11.3. The summed E-state index contributed by atoms with van der Waals surface area (Å²) in [6.45, 7) is 4.53. The average Bonchev–Trinajstić information content (AvgIpc) is 2.91. The van der Waals surface area contributed by atoms with Gasteiger partial charge in [-0.2, -0.15) is 0 Å². The minimum absolute atomic E-state index is 0.0315. The van der Waals surface area contributed by atoms with Crippen LogP contribution in [0.3, 0.4) is 0 Å². The molecule has 0 aliphatic carbocycles. The van der Waals surface area contributed by atoms with Crippen LogP contribution in [0.5, 0.6) is 0 Å². The largest absolute Gasteiger partial charge is 0.465 e. The minimum Gasteiger partial charge on any atom is -0.465 e. The van der Waals surface area contributed by atoms with Gasteiger partial charge in [-0.25, -0.2) is 9.78 Å². The molecule has 106 valence electrons. The van der Waals surface area contributed by atoms with E-state index in [2.05, 4.69) is 15.0 Å². The fourth-order valence-corrected chi connectivity index (χ4v) is 1.81. The highest BCUT2D eigenvalue weighted by molar-refractivity contribution is 5.89. The molecule has 5 nitrogen and oxygen atoms in total. The number of methoxy groups -OCH3 is 1. The van der Waals surface area contributed by atoms with Crippen LogP contribution >= 0.6 is 0 Å². The Balaban J connectivity index is 1.92. The molecule has 1 aromatic carbocycles. The van der Waals surface area contributed by atoms with E-state index < -0.39 is 0 Å². The zero-order chi connectivity index (χ0) is 14.5. The van der Waals surface area contributed by atoms with Gasteiger partial charge in [0.1, 0.15) is 5.76 Å². The SMILES string of the molecule is COC(=O)c1ccc(CNC(C)c2ncc(C)o2)cc1. The van der Waals surface area contributed by atoms with Gasteiger partial charge in [0.15, 0.2) is 0 Å². The fourth-order valence-electron chi connectivity index (χ4n) is 1.81. The van der Waals surface area contributed by atoms with Gasteiger partial charge in [-0.3, -0.25) is 0 Å². The van der Waals surface area contributed by atoms with E-state index in [9.17, 15) is 4.79 Å². The smallest absolute Gasteiger partial charge is 0.337 e. The molecule has 1 unspecified atom stereocenters. The van der Waals surface area contributed by atoms with Crippen molar-refractivity contribution in [1.82, 2.24) is 10.3 Å². The average molecular weight is 274 g/mol. The lowest BCUT2D eigenvalue weighted by atomic mass is 10.1. The molecule has 20 heavy (non-hydrogen) atoms. The van der Waals surface area contributed by atoms with Gasteiger partial charge in [-0.05, 0) is 31.5 Å². The highest BCUT2D eigenvalue weighted by Gasteiger charge is 2.10. The number of rotatable bonds is 5. The number of hydrogen-bond donors (Lipinski definition) is 1. The normalized spacial score (nSPS) is 12.2. The number of ether oxygens (including phenoxy) is 1. The Morgan fingerprint density at radius 3 is 2.65 bits per heavy atom. The number of esters is 1. The van der Waals surface area contributed by atoms with Gasteiger partial charge in [0.25, 0.3) is 0 Å². The molecule has 0 aliphatic rings. The van der Waals surface area contributed by atoms with Crippen molar-refractivity contribution in [1.29, 1.82) is 0 Å². The number of benzene rings is 1. The lowest BCUT2D eigenvalue weighted by molar-refractivity contribution is 0.0600. The molecule has 0 radical (unpaired) electrons. The van der Waals surface area contributed by atoms with Crippen LogP contribution in [0, 0.1) is 6.92 Å². The van der Waals surface area contributed by atoms with Crippen LogP contribution in [0.1, 0.15) is 40.5 Å². The molecule has 2 aromatic rings. The topological polar surface area (TPSA) is 64.4 Å². The first-order valence-electron chi connectivity index (χ1n) is 6.43. The first-order chi connectivity index (χ1) is 9.60. The maximum absolute atomic E-state index is 11.3. The number of carbonyl (C=O) groups is 1. The number of aryl methyl sites for hydroxylation is 1. The van der Waals surface area contributed by atoms with Crippen LogP contribution in [0.25, 0.3) is 0 Å². The van der Waals surface area contributed by atoms with Crippen molar-refractivity contribution in [3.8, 4) is 0 Å². The summed E-state index contributed by atoms with van der Waals surface area (Å²) < 4.78 is 10.1. The summed E-state index contributed by atoms with van der Waals surface area (Å²) in [5, 5.41) is 3.32. The van der Waals surface area contributed by atoms with E-state index in [-0.39, 0.29) is 12.0 Å². The molecule has 0 fully saturated rings. The van der Waals surface area contributed by atoms with Crippen LogP contribution in [0.4, 0.5) is 0 Å². The fraction of sp³-hybridized carbons (Fsp3) is 0.333. The van der Waals surface area contributed by atoms with E-state index in [1.54, 1.807) is 18.3 Å². The number of oxazole rings is 1. The summed E-state index contributed by atoms with van der Waals surface area (Å²) in [4.78, 5) is 15.5. The molecule has 0 saturated heterocycles. The van der Waals surface area contributed by atoms with E-state index in [1.807, 2.05) is 26.0 Å². The van der Waals surface area contributed by atoms with Crippen molar-refractivity contribution >= 4 is 5.97 Å². The molecule has 5 heteroatoms. The van der Waals surface area contributed by atoms with E-state index in [0.717, 1.165) is 11.3 Å². The van der Waals surface area contributed by atoms with Crippen molar-refractivity contribution in [3.05, 3.63) is 53.2 Å². The summed E-state index contributed by atoms with van der Waals surface area (Å²) in [5.41, 5.74) is 1.63. The Morgan fingerprint density at radius 1 is 1.40 bits per heavy atom. The number of carbonyl (C=O) groups excluding carboxylic acids is 1. The van der Waals surface area contributed by atoms with Gasteiger partial charge in [0, 0.05) is 6.54 Å². The van der Waals surface area contributed by atoms with E-state index >= 15 is 0 Å². The Labute approximate surface area is 118 Å². The van der Waals surface area contributed by atoms with Crippen LogP contribution in [-0.2, 0) is 11.3 Å². The minimum atomic E-state index is -0.326. The molecule has 1 aromatic heterocycles. The van der Waals surface area contributed by atoms with Gasteiger partial charge in [-0.15, -0.1) is 0 Å². The van der Waals surface area contributed by atoms with Crippen LogP contribution in [0.2, 0.25) is 0 Å². The lowest BCUT2D eigenvalue weighted by Gasteiger charge is -2.10. The zero-order valence-corrected chi connectivity index (χ0v) is 11.8. The second-order valence-corrected chi connectivity index (χ2v) is 4.60. The van der Waals surface area contributed by atoms with Crippen molar-refractivity contribution < 1.29 is 13.9 Å². The molecule has 1 atom stereocenters. The number of aromatic nitrogens is 1. The molecule has 0 spiro atoms. The van der Waals surface area contributed by atoms with Crippen molar-refractivity contribution in [2.24, 2.45) is 0 Å². The second kappa shape index (κ2) is 6.34. The Morgan fingerprint density at radius 2 is 2.10 bits per heavy atom. The lowest BCUT2D eigenvalue weighted by Crippen LogP contribution is -2.18. The number of nitrogens with one attached hydrogen (secondary N) is 1. The van der Waals surface area contributed by atoms with Gasteiger partial charge in [-0.1, -0.05) is 12.1 Å². The first kappa shape index (κ1) is 14.3. The third-order valence-electron chi connectivity index (χ3n) is 3.00. The molecule has 0 aliphatic heterocycles. The molecule has 1 N–H and O–H groups in total. The van der Waals surface area contributed by atoms with Crippen LogP contribution < -0.4 is 5.32 Å². The predicted octanol–water partition coefficient (Wildman–Crippen LogP) is 2.62. The summed E-state index contributed by atoms with van der Waals surface area (Å²) in [5.74, 6) is 1.15. The van der Waals surface area contributed by atoms with Crippen molar-refractivity contribution in [2.75, 3.05) is 7.11 Å². The predicted molar refractivity (Wildman–Crippen MR) is 74.3 cm³/mol. The molecule has 2 rings (SSSR count). The quantitative estimate of drug-likeness (QED) is 0.849. The third-order valence-corrected chi connectivity index (χ3v) is 3.00. The van der Waals surface area contributed by atoms with E-state index in [0.29, 0.717) is 18.0 Å². The Kier molecular flexibility index (Phi) is 4.53. The summed E-state index contributed by atoms with van der Waals surface area (Å²) in [6.07, 6.45) is 1.71. The van der Waals surface area contributed by atoms with Gasteiger partial charge in [0.2, 0.25) is 5.89 Å². The Bertz CT molecular complexity index is 575. The second-order valence-electron chi connectivity index (χ2n) is 4.60. The molecular formula is C15H18N2O3. The summed E-state index contributed by atoms with van der Waals surface area (Å²) >= 11 is 0. The first-order valence-corrected chi connectivity index (χ1v) is 6.43. The highest BCUT2D eigenvalue weighted by atomic mass is 16.5. The summed E-state index contributed by atoms with van der Waals surface area (Å²) in [6, 6.07) is 7.33. The number of nitrogens with zero attached hydrogens (tertiary/aromatic N) is 1. The highest BCUT2D eigenvalue weighted by Crippen LogP contribution is 2.13. The molecule has 1 heterocycles. The molecule has 0 bridgehead atoms. The van der Waals surface area contributed by atoms with Crippen molar-refractivity contribution in [2.45, 2.75) is 26.4 Å². The molecule has 0 amide bonds. The standard InChI is InChI=1S/C15H18N2O3/c1-10-8-17-14(20-10)11(2)16-9-12-4-6-13(7-5-12)15(18)19-3/h4-8,11,16H,9H2,1-3H3. The monoisotopic (exact) mass is 274 g/mol. The Hall–Kier alpha value is -2.14. The van der Waals surface area contributed by atoms with Crippen molar-refractivity contribution in [3.63, 3.8) is 0 Å². The zero-order valence-electron chi connectivity index (χ0n) is 11.8. The van der Waals surface area contributed by atoms with E-state index in [1.165, 1.54) is 7.11 Å². The third kappa shape index (κ3) is 3.45. The van der Waals surface area contributed by atoms with Gasteiger partial charge < -0.3 is 14.5 Å². The molecule has 0 saturated carbocycles. The van der Waals surface area contributed by atoms with Gasteiger partial charge >= 0.3 is 5.97 Å². The van der Waals surface area contributed by atoms with Crippen LogP contribution in [0.15, 0.2) is 34.9 Å². The number of hydrogen-bond acceptors (Lipinski definition) is 5. The summed E-state index contributed by atoms with van der Waals surface area (Å²) in [7, 11) is 1.37.